The van der Waals surface area contributed by atoms with Gasteiger partial charge in [-0.3, -0.25) is 4.79 Å². The highest BCUT2D eigenvalue weighted by Crippen LogP contribution is 2.24. The van der Waals surface area contributed by atoms with Crippen LogP contribution in [0.5, 0.6) is 0 Å². The van der Waals surface area contributed by atoms with Crippen LogP contribution in [-0.4, -0.2) is 17.6 Å². The third-order valence-electron chi connectivity index (χ3n) is 3.02. The van der Waals surface area contributed by atoms with Crippen LogP contribution in [0.15, 0.2) is 18.2 Å². The van der Waals surface area contributed by atoms with Gasteiger partial charge in [-0.2, -0.15) is 0 Å². The summed E-state index contributed by atoms with van der Waals surface area (Å²) in [7, 11) is 0. The lowest BCUT2D eigenvalue weighted by Gasteiger charge is -2.17. The van der Waals surface area contributed by atoms with Gasteiger partial charge in [-0.15, -0.1) is 0 Å². The zero-order valence-electron chi connectivity index (χ0n) is 9.33. The average Bonchev–Trinajstić information content (AvgIpc) is 2.28. The molecule has 0 atom stereocenters. The van der Waals surface area contributed by atoms with E-state index in [0.29, 0.717) is 6.54 Å². The molecule has 0 aliphatic heterocycles. The molecular formula is C13H17NO2. The molecule has 0 saturated heterocycles. The van der Waals surface area contributed by atoms with Crippen molar-refractivity contribution in [2.24, 2.45) is 0 Å². The molecule has 0 unspecified atom stereocenters. The lowest BCUT2D eigenvalue weighted by atomic mass is 9.91. The largest absolute Gasteiger partial charge is 0.481 e. The van der Waals surface area contributed by atoms with Crippen molar-refractivity contribution in [1.82, 2.24) is 0 Å². The second-order valence-corrected chi connectivity index (χ2v) is 4.26. The van der Waals surface area contributed by atoms with Gasteiger partial charge < -0.3 is 10.4 Å². The molecule has 2 N–H and O–H groups in total. The Labute approximate surface area is 95.5 Å². The molecule has 1 aliphatic carbocycles. The first-order valence-corrected chi connectivity index (χ1v) is 5.83. The molecule has 1 aromatic rings. The third-order valence-corrected chi connectivity index (χ3v) is 3.02. The Morgan fingerprint density at radius 1 is 1.25 bits per heavy atom. The topological polar surface area (TPSA) is 49.3 Å². The fourth-order valence-electron chi connectivity index (χ4n) is 2.16. The van der Waals surface area contributed by atoms with E-state index in [4.69, 9.17) is 5.11 Å². The van der Waals surface area contributed by atoms with Gasteiger partial charge in [0.15, 0.2) is 0 Å². The first kappa shape index (κ1) is 11.0. The lowest BCUT2D eigenvalue weighted by molar-refractivity contribution is -0.136. The van der Waals surface area contributed by atoms with Gasteiger partial charge in [0.2, 0.25) is 0 Å². The molecule has 3 heteroatoms. The van der Waals surface area contributed by atoms with Gasteiger partial charge in [0.05, 0.1) is 6.42 Å². The molecule has 1 aromatic carbocycles. The Bertz CT molecular complexity index is 388. The minimum absolute atomic E-state index is 0.164. The van der Waals surface area contributed by atoms with Crippen LogP contribution in [0, 0.1) is 0 Å². The van der Waals surface area contributed by atoms with E-state index in [1.165, 1.54) is 30.4 Å². The van der Waals surface area contributed by atoms with Gasteiger partial charge in [-0.25, -0.2) is 0 Å². The van der Waals surface area contributed by atoms with E-state index in [1.54, 1.807) is 0 Å². The number of carboxylic acids is 1. The summed E-state index contributed by atoms with van der Waals surface area (Å²) in [6, 6.07) is 6.37. The van der Waals surface area contributed by atoms with Crippen LogP contribution < -0.4 is 5.32 Å². The van der Waals surface area contributed by atoms with E-state index in [2.05, 4.69) is 17.4 Å². The van der Waals surface area contributed by atoms with Crippen LogP contribution >= 0.6 is 0 Å². The van der Waals surface area contributed by atoms with Crippen molar-refractivity contribution in [3.8, 4) is 0 Å². The Morgan fingerprint density at radius 3 is 2.75 bits per heavy atom. The predicted octanol–water partition coefficient (Wildman–Crippen LogP) is 2.45. The molecule has 2 rings (SSSR count). The molecule has 0 saturated carbocycles. The summed E-state index contributed by atoms with van der Waals surface area (Å²) >= 11 is 0. The Kier molecular flexibility index (Phi) is 3.44. The van der Waals surface area contributed by atoms with Crippen LogP contribution in [0.1, 0.15) is 30.4 Å². The van der Waals surface area contributed by atoms with Gasteiger partial charge in [-0.05, 0) is 48.9 Å². The molecule has 0 heterocycles. The maximum absolute atomic E-state index is 10.4. The number of aliphatic carboxylic acids is 1. The van der Waals surface area contributed by atoms with Crippen molar-refractivity contribution in [3.63, 3.8) is 0 Å². The number of hydrogen-bond donors (Lipinski definition) is 2. The molecule has 0 fully saturated rings. The number of carboxylic acid groups (broad SMARTS) is 1. The molecule has 86 valence electrons. The van der Waals surface area contributed by atoms with Gasteiger partial charge in [0.1, 0.15) is 0 Å². The van der Waals surface area contributed by atoms with E-state index in [-0.39, 0.29) is 6.42 Å². The average molecular weight is 219 g/mol. The smallest absolute Gasteiger partial charge is 0.305 e. The minimum Gasteiger partial charge on any atom is -0.481 e. The van der Waals surface area contributed by atoms with Crippen molar-refractivity contribution in [1.29, 1.82) is 0 Å². The zero-order chi connectivity index (χ0) is 11.4. The van der Waals surface area contributed by atoms with Crippen LogP contribution in [0.4, 0.5) is 5.69 Å². The van der Waals surface area contributed by atoms with Crippen LogP contribution in [-0.2, 0) is 17.6 Å². The Morgan fingerprint density at radius 2 is 2.00 bits per heavy atom. The van der Waals surface area contributed by atoms with Crippen LogP contribution in [0.25, 0.3) is 0 Å². The Balaban J connectivity index is 1.97. The lowest BCUT2D eigenvalue weighted by Crippen LogP contribution is -2.09. The van der Waals surface area contributed by atoms with Crippen molar-refractivity contribution in [2.45, 2.75) is 32.1 Å². The highest BCUT2D eigenvalue weighted by molar-refractivity contribution is 5.67. The van der Waals surface area contributed by atoms with Crippen molar-refractivity contribution in [3.05, 3.63) is 29.3 Å². The number of rotatable bonds is 4. The first-order valence-electron chi connectivity index (χ1n) is 5.83. The van der Waals surface area contributed by atoms with Crippen molar-refractivity contribution >= 4 is 11.7 Å². The summed E-state index contributed by atoms with van der Waals surface area (Å²) in [6.07, 6.45) is 5.07. The molecule has 1 aliphatic rings. The summed E-state index contributed by atoms with van der Waals surface area (Å²) in [4.78, 5) is 10.4. The number of nitrogens with one attached hydrogen (secondary N) is 1. The Hall–Kier alpha value is -1.51. The highest BCUT2D eigenvalue weighted by Gasteiger charge is 2.09. The number of hydrogen-bond acceptors (Lipinski definition) is 2. The summed E-state index contributed by atoms with van der Waals surface area (Å²) < 4.78 is 0. The van der Waals surface area contributed by atoms with E-state index >= 15 is 0 Å². The van der Waals surface area contributed by atoms with E-state index < -0.39 is 5.97 Å². The van der Waals surface area contributed by atoms with Gasteiger partial charge in [0.25, 0.3) is 0 Å². The van der Waals surface area contributed by atoms with Gasteiger partial charge >= 0.3 is 5.97 Å². The molecule has 16 heavy (non-hydrogen) atoms. The SMILES string of the molecule is O=C(O)CCNc1ccc2c(c1)CCCC2. The second kappa shape index (κ2) is 5.01. The number of anilines is 1. The normalized spacial score (nSPS) is 14.2. The van der Waals surface area contributed by atoms with E-state index in [9.17, 15) is 4.79 Å². The minimum atomic E-state index is -0.759. The standard InChI is InChI=1S/C13H17NO2/c15-13(16)7-8-14-12-6-5-10-3-1-2-4-11(10)9-12/h5-6,9,14H,1-4,7-8H2,(H,15,16). The number of fused-ring (bicyclic) bond motifs is 1. The number of benzene rings is 1. The molecule has 0 aromatic heterocycles. The van der Waals surface area contributed by atoms with E-state index in [1.807, 2.05) is 6.07 Å². The second-order valence-electron chi connectivity index (χ2n) is 4.26. The fourth-order valence-corrected chi connectivity index (χ4v) is 2.16. The quantitative estimate of drug-likeness (QED) is 0.817. The molecule has 0 amide bonds. The predicted molar refractivity (Wildman–Crippen MR) is 63.8 cm³/mol. The molecule has 0 radical (unpaired) electrons. The summed E-state index contributed by atoms with van der Waals surface area (Å²) in [5.41, 5.74) is 3.92. The van der Waals surface area contributed by atoms with E-state index in [0.717, 1.165) is 12.1 Å². The third kappa shape index (κ3) is 2.75. The van der Waals surface area contributed by atoms with Crippen LogP contribution in [0.3, 0.4) is 0 Å². The molecule has 3 nitrogen and oxygen atoms in total. The van der Waals surface area contributed by atoms with Gasteiger partial charge in [0, 0.05) is 12.2 Å². The highest BCUT2D eigenvalue weighted by atomic mass is 16.4. The zero-order valence-corrected chi connectivity index (χ0v) is 9.33. The molecule has 0 bridgehead atoms. The summed E-state index contributed by atoms with van der Waals surface area (Å²) in [5.74, 6) is -0.759. The van der Waals surface area contributed by atoms with Crippen molar-refractivity contribution in [2.75, 3.05) is 11.9 Å². The maximum atomic E-state index is 10.4. The first-order chi connectivity index (χ1) is 7.75. The monoisotopic (exact) mass is 219 g/mol. The number of carbonyl (C=O) groups is 1. The molecular weight excluding hydrogens is 202 g/mol. The summed E-state index contributed by atoms with van der Waals surface area (Å²) in [6.45, 7) is 0.494. The molecule has 0 spiro atoms. The maximum Gasteiger partial charge on any atom is 0.305 e. The fraction of sp³-hybridized carbons (Fsp3) is 0.462. The van der Waals surface area contributed by atoms with Gasteiger partial charge in [-0.1, -0.05) is 6.07 Å². The number of aryl methyl sites for hydroxylation is 2. The summed E-state index contributed by atoms with van der Waals surface area (Å²) in [5, 5.41) is 11.7. The van der Waals surface area contributed by atoms with Crippen LogP contribution in [0.2, 0.25) is 0 Å². The van der Waals surface area contributed by atoms with Crippen molar-refractivity contribution < 1.29 is 9.90 Å².